The molecule has 1 unspecified atom stereocenters. The van der Waals surface area contributed by atoms with Crippen LogP contribution in [0.1, 0.15) is 22.8 Å². The van der Waals surface area contributed by atoms with Crippen LogP contribution in [0.15, 0.2) is 72.8 Å². The highest BCUT2D eigenvalue weighted by atomic mass is 16.5. The second-order valence-corrected chi connectivity index (χ2v) is 6.36. The van der Waals surface area contributed by atoms with Gasteiger partial charge in [-0.3, -0.25) is 0 Å². The van der Waals surface area contributed by atoms with E-state index in [0.717, 1.165) is 29.0 Å². The van der Waals surface area contributed by atoms with Crippen molar-refractivity contribution in [3.8, 4) is 16.9 Å². The number of aliphatic hydroxyl groups is 1. The summed E-state index contributed by atoms with van der Waals surface area (Å²) in [5, 5.41) is 13.3. The van der Waals surface area contributed by atoms with E-state index in [1.54, 1.807) is 0 Å². The Morgan fingerprint density at radius 3 is 2.48 bits per heavy atom. The number of fused-ring (bicyclic) bond motifs is 1. The number of nitrogens with one attached hydrogen (secondary N) is 1. The second kappa shape index (κ2) is 7.09. The van der Waals surface area contributed by atoms with Crippen LogP contribution in [-0.4, -0.2) is 11.7 Å². The Balaban J connectivity index is 1.44. The van der Waals surface area contributed by atoms with Crippen LogP contribution < -0.4 is 10.1 Å². The summed E-state index contributed by atoms with van der Waals surface area (Å²) in [6, 6.07) is 24.7. The zero-order valence-corrected chi connectivity index (χ0v) is 14.0. The van der Waals surface area contributed by atoms with E-state index < -0.39 is 6.10 Å². The molecule has 3 aromatic rings. The van der Waals surface area contributed by atoms with Gasteiger partial charge in [0, 0.05) is 13.1 Å². The summed E-state index contributed by atoms with van der Waals surface area (Å²) in [6.07, 6.45) is -0.461. The highest BCUT2D eigenvalue weighted by molar-refractivity contribution is 5.63. The van der Waals surface area contributed by atoms with Crippen LogP contribution in [0.4, 0.5) is 0 Å². The molecule has 1 aliphatic rings. The van der Waals surface area contributed by atoms with E-state index >= 15 is 0 Å². The van der Waals surface area contributed by atoms with Crippen molar-refractivity contribution in [2.24, 2.45) is 0 Å². The minimum atomic E-state index is -0.461. The van der Waals surface area contributed by atoms with Gasteiger partial charge in [-0.15, -0.1) is 0 Å². The van der Waals surface area contributed by atoms with Crippen LogP contribution in [-0.2, 0) is 13.2 Å². The number of benzene rings is 3. The van der Waals surface area contributed by atoms with Gasteiger partial charge in [0.2, 0.25) is 0 Å². The van der Waals surface area contributed by atoms with Gasteiger partial charge in [-0.1, -0.05) is 60.7 Å². The summed E-state index contributed by atoms with van der Waals surface area (Å²) >= 11 is 0. The van der Waals surface area contributed by atoms with Crippen molar-refractivity contribution in [3.63, 3.8) is 0 Å². The Morgan fingerprint density at radius 1 is 0.920 bits per heavy atom. The second-order valence-electron chi connectivity index (χ2n) is 6.36. The molecule has 1 heterocycles. The third kappa shape index (κ3) is 3.58. The molecule has 0 bridgehead atoms. The topological polar surface area (TPSA) is 41.5 Å². The molecule has 2 N–H and O–H groups in total. The minimum absolute atomic E-state index is 0.461. The molecule has 25 heavy (non-hydrogen) atoms. The number of aliphatic hydroxyl groups excluding tert-OH is 1. The third-order valence-electron chi connectivity index (χ3n) is 4.60. The molecule has 1 atom stereocenters. The maximum Gasteiger partial charge on any atom is 0.120 e. The van der Waals surface area contributed by atoms with E-state index in [0.29, 0.717) is 13.2 Å². The first-order valence-corrected chi connectivity index (χ1v) is 8.58. The summed E-state index contributed by atoms with van der Waals surface area (Å²) in [5.41, 5.74) is 5.65. The largest absolute Gasteiger partial charge is 0.489 e. The average molecular weight is 331 g/mol. The molecule has 0 fully saturated rings. The molecule has 3 aromatic carbocycles. The third-order valence-corrected chi connectivity index (χ3v) is 4.60. The van der Waals surface area contributed by atoms with Gasteiger partial charge >= 0.3 is 0 Å². The Hall–Kier alpha value is -2.62. The lowest BCUT2D eigenvalue weighted by molar-refractivity contribution is 0.164. The van der Waals surface area contributed by atoms with Gasteiger partial charge in [-0.25, -0.2) is 0 Å². The molecular weight excluding hydrogens is 310 g/mol. The molecule has 1 aliphatic heterocycles. The lowest BCUT2D eigenvalue weighted by Crippen LogP contribution is -2.27. The summed E-state index contributed by atoms with van der Waals surface area (Å²) < 4.78 is 5.92. The summed E-state index contributed by atoms with van der Waals surface area (Å²) in [6.45, 7) is 1.91. The molecular formula is C22H21NO2. The van der Waals surface area contributed by atoms with Crippen LogP contribution in [0.3, 0.4) is 0 Å². The minimum Gasteiger partial charge on any atom is -0.489 e. The Morgan fingerprint density at radius 2 is 1.68 bits per heavy atom. The fourth-order valence-corrected chi connectivity index (χ4v) is 3.18. The lowest BCUT2D eigenvalue weighted by Gasteiger charge is -2.23. The SMILES string of the molecule is OC1CNCc2ccc(OCc3ccc(-c4ccccc4)cc3)cc21. The molecule has 0 aromatic heterocycles. The number of hydrogen-bond donors (Lipinski definition) is 2. The lowest BCUT2D eigenvalue weighted by atomic mass is 9.98. The fourth-order valence-electron chi connectivity index (χ4n) is 3.18. The van der Waals surface area contributed by atoms with Crippen molar-refractivity contribution in [1.82, 2.24) is 5.32 Å². The van der Waals surface area contributed by atoms with E-state index in [2.05, 4.69) is 41.7 Å². The van der Waals surface area contributed by atoms with Gasteiger partial charge < -0.3 is 15.2 Å². The first-order valence-electron chi connectivity index (χ1n) is 8.58. The van der Waals surface area contributed by atoms with Crippen LogP contribution in [0, 0.1) is 0 Å². The highest BCUT2D eigenvalue weighted by Crippen LogP contribution is 2.27. The first kappa shape index (κ1) is 15.9. The molecule has 0 amide bonds. The van der Waals surface area contributed by atoms with E-state index in [1.807, 2.05) is 36.4 Å². The van der Waals surface area contributed by atoms with Crippen LogP contribution >= 0.6 is 0 Å². The number of β-amino-alcohol motifs (C(OH)–C–C–N with tert-alkyl or cyclic N) is 1. The summed E-state index contributed by atoms with van der Waals surface area (Å²) in [5.74, 6) is 0.798. The molecule has 3 heteroatoms. The van der Waals surface area contributed by atoms with Crippen LogP contribution in [0.25, 0.3) is 11.1 Å². The molecule has 0 spiro atoms. The maximum absolute atomic E-state index is 10.1. The number of ether oxygens (including phenoxy) is 1. The fraction of sp³-hybridized carbons (Fsp3) is 0.182. The summed E-state index contributed by atoms with van der Waals surface area (Å²) in [4.78, 5) is 0. The van der Waals surface area contributed by atoms with Gasteiger partial charge in [-0.05, 0) is 39.9 Å². The smallest absolute Gasteiger partial charge is 0.120 e. The Labute approximate surface area is 147 Å². The van der Waals surface area contributed by atoms with E-state index in [9.17, 15) is 5.11 Å². The normalized spacial score (nSPS) is 16.3. The van der Waals surface area contributed by atoms with Crippen LogP contribution in [0.5, 0.6) is 5.75 Å². The van der Waals surface area contributed by atoms with Crippen molar-refractivity contribution >= 4 is 0 Å². The summed E-state index contributed by atoms with van der Waals surface area (Å²) in [7, 11) is 0. The zero-order chi connectivity index (χ0) is 17.1. The van der Waals surface area contributed by atoms with Gasteiger partial charge in [0.1, 0.15) is 12.4 Å². The van der Waals surface area contributed by atoms with Gasteiger partial charge in [-0.2, -0.15) is 0 Å². The molecule has 4 rings (SSSR count). The van der Waals surface area contributed by atoms with Crippen molar-refractivity contribution in [2.45, 2.75) is 19.3 Å². The average Bonchev–Trinajstić information content (AvgIpc) is 2.68. The van der Waals surface area contributed by atoms with Gasteiger partial charge in [0.25, 0.3) is 0 Å². The molecule has 0 saturated carbocycles. The predicted molar refractivity (Wildman–Crippen MR) is 99.3 cm³/mol. The Kier molecular flexibility index (Phi) is 4.51. The van der Waals surface area contributed by atoms with E-state index in [1.165, 1.54) is 11.1 Å². The Bertz CT molecular complexity index is 844. The predicted octanol–water partition coefficient (Wildman–Crippen LogP) is 4.07. The number of hydrogen-bond acceptors (Lipinski definition) is 3. The highest BCUT2D eigenvalue weighted by Gasteiger charge is 2.17. The maximum atomic E-state index is 10.1. The molecule has 3 nitrogen and oxygen atoms in total. The number of rotatable bonds is 4. The standard InChI is InChI=1S/C22H21NO2/c24-22-14-23-13-19-10-11-20(12-21(19)22)25-15-16-6-8-18(9-7-16)17-4-2-1-3-5-17/h1-12,22-24H,13-15H2. The first-order chi connectivity index (χ1) is 12.3. The van der Waals surface area contributed by atoms with Crippen molar-refractivity contribution in [2.75, 3.05) is 6.54 Å². The molecule has 0 aliphatic carbocycles. The quantitative estimate of drug-likeness (QED) is 0.757. The molecule has 0 saturated heterocycles. The van der Waals surface area contributed by atoms with Crippen LogP contribution in [0.2, 0.25) is 0 Å². The monoisotopic (exact) mass is 331 g/mol. The van der Waals surface area contributed by atoms with Crippen molar-refractivity contribution in [1.29, 1.82) is 0 Å². The van der Waals surface area contributed by atoms with E-state index in [4.69, 9.17) is 4.74 Å². The van der Waals surface area contributed by atoms with Gasteiger partial charge in [0.05, 0.1) is 6.10 Å². The van der Waals surface area contributed by atoms with Crippen molar-refractivity contribution < 1.29 is 9.84 Å². The molecule has 0 radical (unpaired) electrons. The van der Waals surface area contributed by atoms with Gasteiger partial charge in [0.15, 0.2) is 0 Å². The van der Waals surface area contributed by atoms with Crippen molar-refractivity contribution in [3.05, 3.63) is 89.5 Å². The van der Waals surface area contributed by atoms with E-state index in [-0.39, 0.29) is 0 Å². The zero-order valence-electron chi connectivity index (χ0n) is 14.0. The molecule has 126 valence electrons.